The topological polar surface area (TPSA) is 22.0 Å². The van der Waals surface area contributed by atoms with Crippen LogP contribution in [-0.2, 0) is 12.8 Å². The molecule has 0 saturated carbocycles. The van der Waals surface area contributed by atoms with Crippen molar-refractivity contribution in [3.8, 4) is 0 Å². The first-order valence-electron chi connectivity index (χ1n) is 5.29. The smallest absolute Gasteiger partial charge is 0.235 e. The molecule has 72 valence electrons. The number of rotatable bonds is 0. The number of hydrogen-bond donors (Lipinski definition) is 0. The number of carbonyl (C=O) groups excluding carboxylic acids is 1. The van der Waals surface area contributed by atoms with Crippen LogP contribution >= 0.6 is 0 Å². The molecule has 0 spiro atoms. The van der Waals surface area contributed by atoms with Crippen molar-refractivity contribution in [1.29, 1.82) is 0 Å². The summed E-state index contributed by atoms with van der Waals surface area (Å²) >= 11 is 0. The number of hydrogen-bond acceptors (Lipinski definition) is 1. The van der Waals surface area contributed by atoms with Gasteiger partial charge in [-0.25, -0.2) is 0 Å². The first kappa shape index (κ1) is 8.04. The first-order chi connectivity index (χ1) is 6.86. The molecule has 3 rings (SSSR count). The minimum Gasteiger partial charge on any atom is -0.284 e. The van der Waals surface area contributed by atoms with Crippen LogP contribution in [0.25, 0.3) is 6.08 Å². The largest absolute Gasteiger partial charge is 0.284 e. The van der Waals surface area contributed by atoms with Crippen LogP contribution in [-0.4, -0.2) is 10.5 Å². The second-order valence-electron chi connectivity index (χ2n) is 4.08. The van der Waals surface area contributed by atoms with E-state index in [4.69, 9.17) is 0 Å². The van der Waals surface area contributed by atoms with Gasteiger partial charge in [-0.3, -0.25) is 9.36 Å². The molecule has 0 radical (unpaired) electrons. The van der Waals surface area contributed by atoms with Crippen LogP contribution in [0, 0.1) is 0 Å². The van der Waals surface area contributed by atoms with E-state index in [0.29, 0.717) is 6.42 Å². The lowest BCUT2D eigenvalue weighted by molar-refractivity contribution is 0.0911. The molecular formula is C12H13NO. The fourth-order valence-corrected chi connectivity index (χ4v) is 2.51. The van der Waals surface area contributed by atoms with Gasteiger partial charge in [-0.15, -0.1) is 0 Å². The van der Waals surface area contributed by atoms with Gasteiger partial charge in [0.15, 0.2) is 0 Å². The second-order valence-corrected chi connectivity index (χ2v) is 4.08. The number of nitrogens with zero attached hydrogens (tertiary/aromatic N) is 1. The molecule has 0 fully saturated rings. The lowest BCUT2D eigenvalue weighted by Gasteiger charge is -2.16. The standard InChI is InChI=1S/C12H13NO/c14-12-7-3-5-10-8-9-4-1-2-6-11(9)13(10)12/h3,5,8H,1-2,4,6-7H2. The van der Waals surface area contributed by atoms with E-state index in [-0.39, 0.29) is 5.91 Å². The molecule has 1 aliphatic carbocycles. The maximum absolute atomic E-state index is 11.7. The van der Waals surface area contributed by atoms with Crippen molar-refractivity contribution >= 4 is 12.0 Å². The predicted molar refractivity (Wildman–Crippen MR) is 55.4 cm³/mol. The quantitative estimate of drug-likeness (QED) is 0.611. The molecule has 0 bridgehead atoms. The zero-order valence-electron chi connectivity index (χ0n) is 8.12. The van der Waals surface area contributed by atoms with Crippen molar-refractivity contribution in [2.24, 2.45) is 0 Å². The van der Waals surface area contributed by atoms with Gasteiger partial charge in [0.25, 0.3) is 0 Å². The van der Waals surface area contributed by atoms with Gasteiger partial charge in [-0.1, -0.05) is 6.08 Å². The van der Waals surface area contributed by atoms with E-state index in [0.717, 1.165) is 18.5 Å². The highest BCUT2D eigenvalue weighted by atomic mass is 16.2. The van der Waals surface area contributed by atoms with Crippen molar-refractivity contribution in [2.45, 2.75) is 32.1 Å². The Hall–Kier alpha value is -1.31. The summed E-state index contributed by atoms with van der Waals surface area (Å²) in [6, 6.07) is 2.18. The molecule has 0 saturated heterocycles. The van der Waals surface area contributed by atoms with Crippen LogP contribution in [0.15, 0.2) is 12.1 Å². The average Bonchev–Trinajstić information content (AvgIpc) is 2.57. The molecule has 2 heterocycles. The number of carbonyl (C=O) groups is 1. The van der Waals surface area contributed by atoms with Crippen molar-refractivity contribution in [3.05, 3.63) is 29.1 Å². The summed E-state index contributed by atoms with van der Waals surface area (Å²) in [5.41, 5.74) is 3.76. The van der Waals surface area contributed by atoms with Gasteiger partial charge < -0.3 is 0 Å². The SMILES string of the molecule is O=C1CC=Cc2cc3c(n21)CCCC3. The molecule has 0 unspecified atom stereocenters. The summed E-state index contributed by atoms with van der Waals surface area (Å²) in [6.07, 6.45) is 9.32. The van der Waals surface area contributed by atoms with Gasteiger partial charge in [0, 0.05) is 17.8 Å². The van der Waals surface area contributed by atoms with Gasteiger partial charge in [0.05, 0.1) is 0 Å². The maximum Gasteiger partial charge on any atom is 0.235 e. The molecule has 0 amide bonds. The summed E-state index contributed by atoms with van der Waals surface area (Å²) in [5.74, 6) is 0.241. The minimum atomic E-state index is 0.241. The Morgan fingerprint density at radius 2 is 2.07 bits per heavy atom. The lowest BCUT2D eigenvalue weighted by Crippen LogP contribution is -2.18. The summed E-state index contributed by atoms with van der Waals surface area (Å²) in [6.45, 7) is 0. The van der Waals surface area contributed by atoms with E-state index >= 15 is 0 Å². The van der Waals surface area contributed by atoms with Crippen molar-refractivity contribution in [3.63, 3.8) is 0 Å². The molecule has 2 nitrogen and oxygen atoms in total. The highest BCUT2D eigenvalue weighted by molar-refractivity contribution is 5.87. The van der Waals surface area contributed by atoms with E-state index in [2.05, 4.69) is 12.1 Å². The third-order valence-electron chi connectivity index (χ3n) is 3.16. The van der Waals surface area contributed by atoms with Gasteiger partial charge in [0.2, 0.25) is 5.91 Å². The van der Waals surface area contributed by atoms with Gasteiger partial charge in [-0.2, -0.15) is 0 Å². The molecule has 2 aliphatic rings. The van der Waals surface area contributed by atoms with Crippen LogP contribution in [0.4, 0.5) is 0 Å². The third-order valence-corrected chi connectivity index (χ3v) is 3.16. The maximum atomic E-state index is 11.7. The lowest BCUT2D eigenvalue weighted by atomic mass is 9.98. The van der Waals surface area contributed by atoms with Crippen LogP contribution < -0.4 is 0 Å². The molecule has 1 aromatic heterocycles. The molecule has 1 aromatic rings. The fraction of sp³-hybridized carbons (Fsp3) is 0.417. The molecule has 1 aliphatic heterocycles. The van der Waals surface area contributed by atoms with E-state index in [1.807, 2.05) is 10.6 Å². The molecule has 14 heavy (non-hydrogen) atoms. The zero-order valence-corrected chi connectivity index (χ0v) is 8.12. The van der Waals surface area contributed by atoms with Crippen LogP contribution in [0.5, 0.6) is 0 Å². The van der Waals surface area contributed by atoms with Gasteiger partial charge in [-0.05, 0) is 43.4 Å². The first-order valence-corrected chi connectivity index (χ1v) is 5.29. The number of allylic oxidation sites excluding steroid dienone is 1. The second kappa shape index (κ2) is 2.84. The monoisotopic (exact) mass is 187 g/mol. The molecule has 0 aromatic carbocycles. The third kappa shape index (κ3) is 0.999. The van der Waals surface area contributed by atoms with E-state index in [9.17, 15) is 4.79 Å². The minimum absolute atomic E-state index is 0.241. The summed E-state index contributed by atoms with van der Waals surface area (Å²) < 4.78 is 1.93. The Morgan fingerprint density at radius 1 is 1.21 bits per heavy atom. The van der Waals surface area contributed by atoms with E-state index in [1.54, 1.807) is 0 Å². The van der Waals surface area contributed by atoms with Crippen LogP contribution in [0.3, 0.4) is 0 Å². The predicted octanol–water partition coefficient (Wildman–Crippen LogP) is 2.42. The van der Waals surface area contributed by atoms with Crippen molar-refractivity contribution in [1.82, 2.24) is 4.57 Å². The Balaban J connectivity index is 2.22. The number of aromatic nitrogens is 1. The Morgan fingerprint density at radius 3 is 3.00 bits per heavy atom. The van der Waals surface area contributed by atoms with Crippen LogP contribution in [0.1, 0.15) is 41.0 Å². The Kier molecular flexibility index (Phi) is 1.63. The summed E-state index contributed by atoms with van der Waals surface area (Å²) in [7, 11) is 0. The van der Waals surface area contributed by atoms with Crippen molar-refractivity contribution < 1.29 is 4.79 Å². The van der Waals surface area contributed by atoms with Crippen molar-refractivity contribution in [2.75, 3.05) is 0 Å². The Bertz CT molecular complexity index is 426. The van der Waals surface area contributed by atoms with Gasteiger partial charge >= 0.3 is 0 Å². The average molecular weight is 187 g/mol. The molecule has 0 atom stereocenters. The number of aryl methyl sites for hydroxylation is 1. The van der Waals surface area contributed by atoms with Crippen LogP contribution in [0.2, 0.25) is 0 Å². The highest BCUT2D eigenvalue weighted by Crippen LogP contribution is 2.27. The van der Waals surface area contributed by atoms with E-state index in [1.165, 1.54) is 24.1 Å². The summed E-state index contributed by atoms with van der Waals surface area (Å²) in [5, 5.41) is 0. The molecule has 0 N–H and O–H groups in total. The van der Waals surface area contributed by atoms with Gasteiger partial charge in [0.1, 0.15) is 0 Å². The molecular weight excluding hydrogens is 174 g/mol. The fourth-order valence-electron chi connectivity index (χ4n) is 2.51. The Labute approximate surface area is 83.2 Å². The van der Waals surface area contributed by atoms with E-state index < -0.39 is 0 Å². The summed E-state index contributed by atoms with van der Waals surface area (Å²) in [4.78, 5) is 11.7. The highest BCUT2D eigenvalue weighted by Gasteiger charge is 2.21. The number of fused-ring (bicyclic) bond motifs is 3. The molecule has 2 heteroatoms. The normalized spacial score (nSPS) is 19.3. The zero-order chi connectivity index (χ0) is 9.54.